The second kappa shape index (κ2) is 5.98. The van der Waals surface area contributed by atoms with E-state index in [2.05, 4.69) is 5.32 Å². The van der Waals surface area contributed by atoms with Crippen molar-refractivity contribution in [2.75, 3.05) is 18.0 Å². The first-order valence-corrected chi connectivity index (χ1v) is 7.85. The molecule has 2 heterocycles. The van der Waals surface area contributed by atoms with Crippen molar-refractivity contribution in [3.8, 4) is 0 Å². The summed E-state index contributed by atoms with van der Waals surface area (Å²) in [5, 5.41) is 3.30. The molecule has 0 radical (unpaired) electrons. The summed E-state index contributed by atoms with van der Waals surface area (Å²) in [6.45, 7) is 3.26. The SMILES string of the molecule is CC(=O)N1CCCc2ccc(C(=O)C3CCCCN3)cc21. The van der Waals surface area contributed by atoms with Crippen molar-refractivity contribution >= 4 is 17.4 Å². The third-order valence-corrected chi connectivity index (χ3v) is 4.50. The molecule has 21 heavy (non-hydrogen) atoms. The van der Waals surface area contributed by atoms with Crippen molar-refractivity contribution in [1.82, 2.24) is 5.32 Å². The first-order valence-electron chi connectivity index (χ1n) is 7.85. The summed E-state index contributed by atoms with van der Waals surface area (Å²) >= 11 is 0. The van der Waals surface area contributed by atoms with Gasteiger partial charge in [0.05, 0.1) is 6.04 Å². The smallest absolute Gasteiger partial charge is 0.223 e. The molecular weight excluding hydrogens is 264 g/mol. The fraction of sp³-hybridized carbons (Fsp3) is 0.529. The van der Waals surface area contributed by atoms with Gasteiger partial charge in [-0.2, -0.15) is 0 Å². The summed E-state index contributed by atoms with van der Waals surface area (Å²) in [7, 11) is 0. The van der Waals surface area contributed by atoms with Crippen molar-refractivity contribution in [3.63, 3.8) is 0 Å². The molecule has 1 saturated heterocycles. The van der Waals surface area contributed by atoms with Crippen LogP contribution in [0.3, 0.4) is 0 Å². The molecule has 1 N–H and O–H groups in total. The fourth-order valence-electron chi connectivity index (χ4n) is 3.33. The van der Waals surface area contributed by atoms with Crippen molar-refractivity contribution in [1.29, 1.82) is 0 Å². The Morgan fingerprint density at radius 3 is 2.81 bits per heavy atom. The van der Waals surface area contributed by atoms with E-state index in [4.69, 9.17) is 0 Å². The number of anilines is 1. The molecular formula is C17H22N2O2. The van der Waals surface area contributed by atoms with Crippen LogP contribution < -0.4 is 10.2 Å². The van der Waals surface area contributed by atoms with Gasteiger partial charge in [-0.15, -0.1) is 0 Å². The Morgan fingerprint density at radius 1 is 1.24 bits per heavy atom. The van der Waals surface area contributed by atoms with Crippen LogP contribution in [0.25, 0.3) is 0 Å². The lowest BCUT2D eigenvalue weighted by Crippen LogP contribution is -2.40. The molecule has 0 saturated carbocycles. The molecule has 0 aliphatic carbocycles. The van der Waals surface area contributed by atoms with Crippen LogP contribution in [0.5, 0.6) is 0 Å². The maximum Gasteiger partial charge on any atom is 0.223 e. The average molecular weight is 286 g/mol. The first kappa shape index (κ1) is 14.3. The zero-order valence-corrected chi connectivity index (χ0v) is 12.5. The quantitative estimate of drug-likeness (QED) is 0.849. The predicted molar refractivity (Wildman–Crippen MR) is 82.8 cm³/mol. The average Bonchev–Trinajstić information content (AvgIpc) is 2.53. The molecule has 0 aromatic heterocycles. The summed E-state index contributed by atoms with van der Waals surface area (Å²) in [6, 6.07) is 5.78. The molecule has 112 valence electrons. The molecule has 4 nitrogen and oxygen atoms in total. The maximum absolute atomic E-state index is 12.6. The van der Waals surface area contributed by atoms with Gasteiger partial charge < -0.3 is 10.2 Å². The Balaban J connectivity index is 1.88. The molecule has 0 spiro atoms. The highest BCUT2D eigenvalue weighted by Crippen LogP contribution is 2.29. The number of aryl methyl sites for hydroxylation is 1. The van der Waals surface area contributed by atoms with Gasteiger partial charge in [-0.25, -0.2) is 0 Å². The van der Waals surface area contributed by atoms with Gasteiger partial charge in [0, 0.05) is 24.7 Å². The van der Waals surface area contributed by atoms with Gasteiger partial charge in [0.1, 0.15) is 0 Å². The lowest BCUT2D eigenvalue weighted by atomic mass is 9.93. The highest BCUT2D eigenvalue weighted by Gasteiger charge is 2.25. The lowest BCUT2D eigenvalue weighted by molar-refractivity contribution is -0.116. The topological polar surface area (TPSA) is 49.4 Å². The number of hydrogen-bond acceptors (Lipinski definition) is 3. The fourth-order valence-corrected chi connectivity index (χ4v) is 3.33. The Morgan fingerprint density at radius 2 is 2.10 bits per heavy atom. The van der Waals surface area contributed by atoms with Crippen LogP contribution in [-0.4, -0.2) is 30.8 Å². The molecule has 1 atom stereocenters. The van der Waals surface area contributed by atoms with Crippen LogP contribution in [0.2, 0.25) is 0 Å². The third kappa shape index (κ3) is 2.86. The van der Waals surface area contributed by atoms with E-state index in [-0.39, 0.29) is 17.7 Å². The molecule has 3 rings (SSSR count). The second-order valence-electron chi connectivity index (χ2n) is 5.98. The molecule has 1 fully saturated rings. The Bertz CT molecular complexity index is 562. The molecule has 2 aliphatic heterocycles. The van der Waals surface area contributed by atoms with E-state index in [0.717, 1.165) is 56.4 Å². The van der Waals surface area contributed by atoms with E-state index in [1.165, 1.54) is 5.56 Å². The van der Waals surface area contributed by atoms with Gasteiger partial charge in [0.15, 0.2) is 5.78 Å². The van der Waals surface area contributed by atoms with Crippen LogP contribution >= 0.6 is 0 Å². The zero-order valence-electron chi connectivity index (χ0n) is 12.5. The molecule has 2 aliphatic rings. The summed E-state index contributed by atoms with van der Waals surface area (Å²) in [4.78, 5) is 26.2. The van der Waals surface area contributed by atoms with Gasteiger partial charge in [-0.3, -0.25) is 9.59 Å². The minimum Gasteiger partial charge on any atom is -0.312 e. The van der Waals surface area contributed by atoms with Crippen molar-refractivity contribution in [2.45, 2.75) is 45.1 Å². The predicted octanol–water partition coefficient (Wildman–Crippen LogP) is 2.31. The number of piperidine rings is 1. The maximum atomic E-state index is 12.6. The van der Waals surface area contributed by atoms with E-state index < -0.39 is 0 Å². The summed E-state index contributed by atoms with van der Waals surface area (Å²) in [5.74, 6) is 0.211. The van der Waals surface area contributed by atoms with E-state index in [9.17, 15) is 9.59 Å². The van der Waals surface area contributed by atoms with E-state index in [1.807, 2.05) is 18.2 Å². The van der Waals surface area contributed by atoms with Gasteiger partial charge >= 0.3 is 0 Å². The highest BCUT2D eigenvalue weighted by atomic mass is 16.2. The number of rotatable bonds is 2. The Labute approximate surface area is 125 Å². The number of Topliss-reactive ketones (excluding diaryl/α,β-unsaturated/α-hetero) is 1. The van der Waals surface area contributed by atoms with Crippen molar-refractivity contribution < 1.29 is 9.59 Å². The van der Waals surface area contributed by atoms with Gasteiger partial charge in [0.2, 0.25) is 5.91 Å². The van der Waals surface area contributed by atoms with E-state index >= 15 is 0 Å². The van der Waals surface area contributed by atoms with E-state index in [1.54, 1.807) is 11.8 Å². The normalized spacial score (nSPS) is 21.8. The standard InChI is InChI=1S/C17H22N2O2/c1-12(20)19-10-4-5-13-7-8-14(11-16(13)19)17(21)15-6-2-3-9-18-15/h7-8,11,15,18H,2-6,9-10H2,1H3. The minimum absolute atomic E-state index is 0.0522. The Kier molecular flexibility index (Phi) is 4.06. The zero-order chi connectivity index (χ0) is 14.8. The first-order chi connectivity index (χ1) is 10.2. The number of fused-ring (bicyclic) bond motifs is 1. The molecule has 4 heteroatoms. The van der Waals surface area contributed by atoms with Gasteiger partial charge in [-0.1, -0.05) is 18.6 Å². The van der Waals surface area contributed by atoms with Crippen LogP contribution in [0.4, 0.5) is 5.69 Å². The number of ketones is 1. The molecule has 0 bridgehead atoms. The summed E-state index contributed by atoms with van der Waals surface area (Å²) in [6.07, 6.45) is 5.13. The van der Waals surface area contributed by atoms with Gasteiger partial charge in [0.25, 0.3) is 0 Å². The number of amides is 1. The number of nitrogens with zero attached hydrogens (tertiary/aromatic N) is 1. The van der Waals surface area contributed by atoms with E-state index in [0.29, 0.717) is 0 Å². The van der Waals surface area contributed by atoms with Crippen molar-refractivity contribution in [3.05, 3.63) is 29.3 Å². The number of carbonyl (C=O) groups excluding carboxylic acids is 2. The highest BCUT2D eigenvalue weighted by molar-refractivity contribution is 6.02. The number of carbonyl (C=O) groups is 2. The largest absolute Gasteiger partial charge is 0.312 e. The van der Waals surface area contributed by atoms with Crippen LogP contribution in [0.1, 0.15) is 48.5 Å². The Hall–Kier alpha value is -1.68. The summed E-state index contributed by atoms with van der Waals surface area (Å²) in [5.41, 5.74) is 2.82. The molecule has 1 aromatic carbocycles. The van der Waals surface area contributed by atoms with Crippen LogP contribution in [0, 0.1) is 0 Å². The van der Waals surface area contributed by atoms with Gasteiger partial charge in [-0.05, 0) is 43.9 Å². The molecule has 1 aromatic rings. The second-order valence-corrected chi connectivity index (χ2v) is 5.98. The monoisotopic (exact) mass is 286 g/mol. The third-order valence-electron chi connectivity index (χ3n) is 4.50. The number of nitrogens with one attached hydrogen (secondary N) is 1. The summed E-state index contributed by atoms with van der Waals surface area (Å²) < 4.78 is 0. The lowest BCUT2D eigenvalue weighted by Gasteiger charge is -2.29. The minimum atomic E-state index is -0.0637. The molecule has 1 amide bonds. The van der Waals surface area contributed by atoms with Crippen LogP contribution in [-0.2, 0) is 11.2 Å². The van der Waals surface area contributed by atoms with Crippen molar-refractivity contribution in [2.24, 2.45) is 0 Å². The number of benzene rings is 1. The van der Waals surface area contributed by atoms with Crippen LogP contribution in [0.15, 0.2) is 18.2 Å². The number of hydrogen-bond donors (Lipinski definition) is 1. The molecule has 1 unspecified atom stereocenters.